The summed E-state index contributed by atoms with van der Waals surface area (Å²) in [6, 6.07) is 4.93. The third-order valence-electron chi connectivity index (χ3n) is 2.57. The smallest absolute Gasteiger partial charge is 0.124 e. The molecule has 1 aromatic carbocycles. The van der Waals surface area contributed by atoms with Crippen molar-refractivity contribution < 1.29 is 4.39 Å². The number of nitrogens with two attached hydrogens (primary N) is 1. The molecular formula is C12H18FIN2. The summed E-state index contributed by atoms with van der Waals surface area (Å²) in [6.45, 7) is 4.37. The van der Waals surface area contributed by atoms with E-state index in [0.717, 1.165) is 22.0 Å². The van der Waals surface area contributed by atoms with Crippen molar-refractivity contribution in [3.05, 3.63) is 33.1 Å². The Morgan fingerprint density at radius 3 is 2.56 bits per heavy atom. The maximum Gasteiger partial charge on any atom is 0.124 e. The lowest BCUT2D eigenvalue weighted by atomic mass is 9.98. The highest BCUT2D eigenvalue weighted by Gasteiger charge is 2.13. The Morgan fingerprint density at radius 2 is 2.06 bits per heavy atom. The van der Waals surface area contributed by atoms with Crippen molar-refractivity contribution in [2.75, 3.05) is 0 Å². The number of halogens is 2. The Hall–Kier alpha value is -0.200. The highest BCUT2D eigenvalue weighted by Crippen LogP contribution is 2.25. The minimum atomic E-state index is -0.201. The van der Waals surface area contributed by atoms with Crippen molar-refractivity contribution in [1.82, 2.24) is 5.43 Å². The number of nitrogens with one attached hydrogen (secondary N) is 1. The van der Waals surface area contributed by atoms with Gasteiger partial charge in [0.05, 0.1) is 0 Å². The molecular weight excluding hydrogens is 318 g/mol. The monoisotopic (exact) mass is 336 g/mol. The maximum absolute atomic E-state index is 13.0. The summed E-state index contributed by atoms with van der Waals surface area (Å²) in [6.07, 6.45) is 2.07. The van der Waals surface area contributed by atoms with Gasteiger partial charge in [0.2, 0.25) is 0 Å². The van der Waals surface area contributed by atoms with Crippen molar-refractivity contribution in [3.8, 4) is 0 Å². The van der Waals surface area contributed by atoms with Gasteiger partial charge in [0.1, 0.15) is 5.82 Å². The summed E-state index contributed by atoms with van der Waals surface area (Å²) in [5.41, 5.74) is 3.88. The Bertz CT molecular complexity index is 342. The first-order chi connectivity index (χ1) is 7.54. The summed E-state index contributed by atoms with van der Waals surface area (Å²) < 4.78 is 13.9. The first-order valence-corrected chi connectivity index (χ1v) is 6.53. The van der Waals surface area contributed by atoms with Gasteiger partial charge in [-0.2, -0.15) is 0 Å². The Morgan fingerprint density at radius 1 is 1.38 bits per heavy atom. The van der Waals surface area contributed by atoms with Gasteiger partial charge < -0.3 is 0 Å². The predicted octanol–water partition coefficient (Wildman–Crippen LogP) is 3.37. The van der Waals surface area contributed by atoms with Crippen LogP contribution in [0.25, 0.3) is 0 Å². The fourth-order valence-corrected chi connectivity index (χ4v) is 2.47. The Kier molecular flexibility index (Phi) is 5.64. The standard InChI is InChI=1S/C12H18FIN2/c1-8(2)3-6-12(16-15)10-5-4-9(13)7-11(10)14/h4-5,7-8,12,16H,3,6,15H2,1-2H3. The molecule has 4 heteroatoms. The van der Waals surface area contributed by atoms with E-state index in [-0.39, 0.29) is 11.9 Å². The van der Waals surface area contributed by atoms with Crippen molar-refractivity contribution in [1.29, 1.82) is 0 Å². The van der Waals surface area contributed by atoms with Crippen LogP contribution < -0.4 is 11.3 Å². The van der Waals surface area contributed by atoms with Gasteiger partial charge in [0, 0.05) is 9.61 Å². The van der Waals surface area contributed by atoms with Gasteiger partial charge in [0.15, 0.2) is 0 Å². The normalized spacial score (nSPS) is 13.1. The molecule has 0 aliphatic heterocycles. The van der Waals surface area contributed by atoms with E-state index in [9.17, 15) is 4.39 Å². The molecule has 0 saturated carbocycles. The molecule has 0 spiro atoms. The van der Waals surface area contributed by atoms with E-state index in [2.05, 4.69) is 41.9 Å². The van der Waals surface area contributed by atoms with E-state index in [1.54, 1.807) is 0 Å². The molecule has 3 N–H and O–H groups in total. The van der Waals surface area contributed by atoms with Crippen LogP contribution in [0.1, 0.15) is 38.3 Å². The van der Waals surface area contributed by atoms with Crippen LogP contribution in [0.15, 0.2) is 18.2 Å². The second-order valence-electron chi connectivity index (χ2n) is 4.36. The van der Waals surface area contributed by atoms with Crippen LogP contribution in [-0.2, 0) is 0 Å². The minimum absolute atomic E-state index is 0.106. The lowest BCUT2D eigenvalue weighted by molar-refractivity contribution is 0.446. The molecule has 16 heavy (non-hydrogen) atoms. The molecule has 2 nitrogen and oxygen atoms in total. The molecule has 0 aliphatic carbocycles. The molecule has 0 amide bonds. The molecule has 1 aromatic rings. The largest absolute Gasteiger partial charge is 0.271 e. The fraction of sp³-hybridized carbons (Fsp3) is 0.500. The van der Waals surface area contributed by atoms with Crippen LogP contribution in [0.4, 0.5) is 4.39 Å². The first-order valence-electron chi connectivity index (χ1n) is 5.45. The lowest BCUT2D eigenvalue weighted by Gasteiger charge is -2.18. The minimum Gasteiger partial charge on any atom is -0.271 e. The van der Waals surface area contributed by atoms with Gasteiger partial charge >= 0.3 is 0 Å². The summed E-state index contributed by atoms with van der Waals surface area (Å²) >= 11 is 2.15. The van der Waals surface area contributed by atoms with Gasteiger partial charge in [-0.15, -0.1) is 0 Å². The van der Waals surface area contributed by atoms with Crippen molar-refractivity contribution in [2.24, 2.45) is 11.8 Å². The molecule has 0 fully saturated rings. The molecule has 90 valence electrons. The Balaban J connectivity index is 2.78. The molecule has 0 bridgehead atoms. The quantitative estimate of drug-likeness (QED) is 0.492. The van der Waals surface area contributed by atoms with E-state index in [1.165, 1.54) is 12.1 Å². The number of hydrazine groups is 1. The van der Waals surface area contributed by atoms with Gasteiger partial charge in [0.25, 0.3) is 0 Å². The zero-order valence-corrected chi connectivity index (χ0v) is 11.8. The van der Waals surface area contributed by atoms with E-state index >= 15 is 0 Å². The molecule has 1 atom stereocenters. The topological polar surface area (TPSA) is 38.0 Å². The van der Waals surface area contributed by atoms with Crippen molar-refractivity contribution in [3.63, 3.8) is 0 Å². The van der Waals surface area contributed by atoms with Crippen molar-refractivity contribution in [2.45, 2.75) is 32.7 Å². The van der Waals surface area contributed by atoms with Crippen molar-refractivity contribution >= 4 is 22.6 Å². The SMILES string of the molecule is CC(C)CCC(NN)c1ccc(F)cc1I. The molecule has 0 heterocycles. The second kappa shape index (κ2) is 6.51. The third-order valence-corrected chi connectivity index (χ3v) is 3.51. The van der Waals surface area contributed by atoms with Crippen LogP contribution in [0, 0.1) is 15.3 Å². The van der Waals surface area contributed by atoms with Crippen LogP contribution in [0.3, 0.4) is 0 Å². The van der Waals surface area contributed by atoms with E-state index in [0.29, 0.717) is 5.92 Å². The molecule has 1 unspecified atom stereocenters. The van der Waals surface area contributed by atoms with Crippen LogP contribution in [0.2, 0.25) is 0 Å². The molecule has 1 rings (SSSR count). The van der Waals surface area contributed by atoms with E-state index < -0.39 is 0 Å². The molecule has 0 saturated heterocycles. The predicted molar refractivity (Wildman–Crippen MR) is 73.3 cm³/mol. The fourth-order valence-electron chi connectivity index (χ4n) is 1.61. The maximum atomic E-state index is 13.0. The van der Waals surface area contributed by atoms with Gasteiger partial charge in [-0.1, -0.05) is 19.9 Å². The number of benzene rings is 1. The third kappa shape index (κ3) is 3.99. The number of rotatable bonds is 5. The highest BCUT2D eigenvalue weighted by molar-refractivity contribution is 14.1. The summed E-state index contributed by atoms with van der Waals surface area (Å²) in [7, 11) is 0. The van der Waals surface area contributed by atoms with Gasteiger partial charge in [-0.05, 0) is 59.0 Å². The summed E-state index contributed by atoms with van der Waals surface area (Å²) in [5.74, 6) is 6.00. The van der Waals surface area contributed by atoms with Gasteiger partial charge in [-0.3, -0.25) is 11.3 Å². The number of hydrogen-bond acceptors (Lipinski definition) is 2. The summed E-state index contributed by atoms with van der Waals surface area (Å²) in [5, 5.41) is 0. The van der Waals surface area contributed by atoms with Gasteiger partial charge in [-0.25, -0.2) is 4.39 Å². The van der Waals surface area contributed by atoms with Crippen LogP contribution >= 0.6 is 22.6 Å². The molecule has 0 aliphatic rings. The average molecular weight is 336 g/mol. The molecule has 0 aromatic heterocycles. The zero-order chi connectivity index (χ0) is 12.1. The van der Waals surface area contributed by atoms with Crippen LogP contribution in [-0.4, -0.2) is 0 Å². The molecule has 0 radical (unpaired) electrons. The van der Waals surface area contributed by atoms with E-state index in [4.69, 9.17) is 5.84 Å². The Labute approximate surface area is 110 Å². The zero-order valence-electron chi connectivity index (χ0n) is 9.63. The number of hydrogen-bond donors (Lipinski definition) is 2. The second-order valence-corrected chi connectivity index (χ2v) is 5.52. The van der Waals surface area contributed by atoms with E-state index in [1.807, 2.05) is 6.07 Å². The first kappa shape index (κ1) is 13.9. The lowest BCUT2D eigenvalue weighted by Crippen LogP contribution is -2.28. The highest BCUT2D eigenvalue weighted by atomic mass is 127. The van der Waals surface area contributed by atoms with Crippen LogP contribution in [0.5, 0.6) is 0 Å². The summed E-state index contributed by atoms with van der Waals surface area (Å²) in [4.78, 5) is 0. The average Bonchev–Trinajstić information content (AvgIpc) is 2.21.